The van der Waals surface area contributed by atoms with E-state index in [1.165, 1.54) is 24.0 Å². The Morgan fingerprint density at radius 2 is 2.24 bits per heavy atom. The molecule has 0 saturated carbocycles. The number of fused-ring (bicyclic) bond motifs is 1. The van der Waals surface area contributed by atoms with Gasteiger partial charge in [-0.15, -0.1) is 5.10 Å². The van der Waals surface area contributed by atoms with Gasteiger partial charge in [-0.1, -0.05) is 17.3 Å². The summed E-state index contributed by atoms with van der Waals surface area (Å²) < 4.78 is 1.70. The highest BCUT2D eigenvalue weighted by Gasteiger charge is 2.13. The summed E-state index contributed by atoms with van der Waals surface area (Å²) >= 11 is 0. The van der Waals surface area contributed by atoms with Crippen molar-refractivity contribution in [3.05, 3.63) is 41.2 Å². The molecule has 0 saturated heterocycles. The molecule has 3 N–H and O–H groups in total. The van der Waals surface area contributed by atoms with Crippen LogP contribution in [0.5, 0.6) is 0 Å². The number of guanidine groups is 1. The van der Waals surface area contributed by atoms with Crippen molar-refractivity contribution in [3.8, 4) is 0 Å². The van der Waals surface area contributed by atoms with Crippen molar-refractivity contribution in [2.24, 2.45) is 17.8 Å². The minimum absolute atomic E-state index is 0.426. The molecule has 0 amide bonds. The second-order valence-electron chi connectivity index (χ2n) is 5.33. The largest absolute Gasteiger partial charge is 0.370 e. The summed E-state index contributed by atoms with van der Waals surface area (Å²) in [6, 6.07) is 6.34. The quantitative estimate of drug-likeness (QED) is 0.663. The van der Waals surface area contributed by atoms with E-state index < -0.39 is 0 Å². The number of aryl methyl sites for hydroxylation is 2. The lowest BCUT2D eigenvalue weighted by Gasteiger charge is -2.19. The average Bonchev–Trinajstić information content (AvgIpc) is 2.91. The molecule has 1 heterocycles. The molecule has 0 unspecified atom stereocenters. The van der Waals surface area contributed by atoms with Crippen molar-refractivity contribution in [1.82, 2.24) is 15.0 Å². The Morgan fingerprint density at radius 1 is 1.38 bits per heavy atom. The van der Waals surface area contributed by atoms with Crippen LogP contribution >= 0.6 is 0 Å². The van der Waals surface area contributed by atoms with Crippen LogP contribution in [0.25, 0.3) is 0 Å². The molecule has 2 aromatic rings. The molecule has 3 rings (SSSR count). The fourth-order valence-electron chi connectivity index (χ4n) is 2.70. The third-order valence-corrected chi connectivity index (χ3v) is 3.88. The maximum absolute atomic E-state index is 5.99. The molecule has 1 aliphatic carbocycles. The maximum Gasteiger partial charge on any atom is 0.193 e. The number of nitrogens with zero attached hydrogens (tertiary/aromatic N) is 4. The molecule has 0 radical (unpaired) electrons. The highest BCUT2D eigenvalue weighted by Crippen LogP contribution is 2.27. The van der Waals surface area contributed by atoms with E-state index >= 15 is 0 Å². The van der Waals surface area contributed by atoms with Crippen molar-refractivity contribution < 1.29 is 0 Å². The third-order valence-electron chi connectivity index (χ3n) is 3.88. The lowest BCUT2D eigenvalue weighted by Crippen LogP contribution is -2.24. The fraction of sp³-hybridized carbons (Fsp3) is 0.400. The number of anilines is 1. The number of rotatable bonds is 3. The molecule has 0 aliphatic heterocycles. The fourth-order valence-corrected chi connectivity index (χ4v) is 2.70. The average molecular weight is 284 g/mol. The summed E-state index contributed by atoms with van der Waals surface area (Å²) in [6.45, 7) is 0.470. The lowest BCUT2D eigenvalue weighted by molar-refractivity contribution is 0.678. The maximum atomic E-state index is 5.99. The van der Waals surface area contributed by atoms with E-state index in [1.54, 1.807) is 10.9 Å². The Labute approximate surface area is 124 Å². The number of aromatic nitrogens is 3. The van der Waals surface area contributed by atoms with Crippen molar-refractivity contribution in [2.75, 3.05) is 5.32 Å². The lowest BCUT2D eigenvalue weighted by atomic mass is 9.90. The van der Waals surface area contributed by atoms with Gasteiger partial charge in [-0.25, -0.2) is 4.99 Å². The summed E-state index contributed by atoms with van der Waals surface area (Å²) in [5.41, 5.74) is 10.8. The molecule has 6 heteroatoms. The minimum atomic E-state index is 0.426. The molecular formula is C15H20N6. The van der Waals surface area contributed by atoms with Crippen LogP contribution in [0.3, 0.4) is 0 Å². The number of nitrogens with two attached hydrogens (primary N) is 1. The SMILES string of the molecule is Cn1nncc1CN=C(N)Nc1cccc2c1CCCC2. The van der Waals surface area contributed by atoms with Crippen LogP contribution < -0.4 is 11.1 Å². The Hall–Kier alpha value is -2.37. The molecule has 0 fully saturated rings. The zero-order valence-electron chi connectivity index (χ0n) is 12.2. The number of aliphatic imine (C=N–C) groups is 1. The van der Waals surface area contributed by atoms with Crippen molar-refractivity contribution in [2.45, 2.75) is 32.2 Å². The zero-order valence-corrected chi connectivity index (χ0v) is 12.2. The Balaban J connectivity index is 1.73. The topological polar surface area (TPSA) is 81.1 Å². The van der Waals surface area contributed by atoms with E-state index in [2.05, 4.69) is 38.8 Å². The first-order chi connectivity index (χ1) is 10.2. The number of hydrogen-bond acceptors (Lipinski definition) is 3. The second-order valence-corrected chi connectivity index (χ2v) is 5.33. The molecule has 1 aromatic heterocycles. The van der Waals surface area contributed by atoms with Gasteiger partial charge in [0, 0.05) is 12.7 Å². The van der Waals surface area contributed by atoms with Gasteiger partial charge in [0.1, 0.15) is 0 Å². The Morgan fingerprint density at radius 3 is 3.05 bits per heavy atom. The first-order valence-electron chi connectivity index (χ1n) is 7.25. The van der Waals surface area contributed by atoms with Crippen LogP contribution in [0.4, 0.5) is 5.69 Å². The molecule has 0 spiro atoms. The number of hydrogen-bond donors (Lipinski definition) is 2. The first kappa shape index (κ1) is 13.6. The normalized spacial score (nSPS) is 14.8. The van der Waals surface area contributed by atoms with Crippen LogP contribution in [-0.4, -0.2) is 21.0 Å². The molecule has 0 atom stereocenters. The molecular weight excluding hydrogens is 264 g/mol. The standard InChI is InChI=1S/C15H20N6/c1-21-12(10-18-20-21)9-17-15(16)19-14-8-4-6-11-5-2-3-7-13(11)14/h4,6,8,10H,2-3,5,7,9H2,1H3,(H3,16,17,19). The van der Waals surface area contributed by atoms with Gasteiger partial charge in [-0.05, 0) is 42.9 Å². The number of nitrogens with one attached hydrogen (secondary N) is 1. The van der Waals surface area contributed by atoms with Gasteiger partial charge in [0.2, 0.25) is 0 Å². The molecule has 6 nitrogen and oxygen atoms in total. The first-order valence-corrected chi connectivity index (χ1v) is 7.25. The Kier molecular flexibility index (Phi) is 3.85. The molecule has 0 bridgehead atoms. The van der Waals surface area contributed by atoms with Crippen LogP contribution in [0.2, 0.25) is 0 Å². The summed E-state index contributed by atoms with van der Waals surface area (Å²) in [4.78, 5) is 4.35. The smallest absolute Gasteiger partial charge is 0.193 e. The van der Waals surface area contributed by atoms with Gasteiger partial charge in [-0.2, -0.15) is 0 Å². The van der Waals surface area contributed by atoms with Crippen LogP contribution in [0.15, 0.2) is 29.4 Å². The van der Waals surface area contributed by atoms with Gasteiger partial charge >= 0.3 is 0 Å². The van der Waals surface area contributed by atoms with E-state index in [4.69, 9.17) is 5.73 Å². The summed E-state index contributed by atoms with van der Waals surface area (Å²) in [6.07, 6.45) is 6.47. The molecule has 21 heavy (non-hydrogen) atoms. The minimum Gasteiger partial charge on any atom is -0.370 e. The van der Waals surface area contributed by atoms with Crippen molar-refractivity contribution >= 4 is 11.6 Å². The van der Waals surface area contributed by atoms with E-state index in [-0.39, 0.29) is 0 Å². The third kappa shape index (κ3) is 3.04. The predicted octanol–water partition coefficient (Wildman–Crippen LogP) is 1.62. The second kappa shape index (κ2) is 5.95. The molecule has 1 aromatic carbocycles. The van der Waals surface area contributed by atoms with E-state index in [0.717, 1.165) is 24.2 Å². The monoisotopic (exact) mass is 284 g/mol. The molecule has 1 aliphatic rings. The van der Waals surface area contributed by atoms with Gasteiger partial charge in [0.25, 0.3) is 0 Å². The molecule has 110 valence electrons. The van der Waals surface area contributed by atoms with Gasteiger partial charge in [-0.3, -0.25) is 4.68 Å². The van der Waals surface area contributed by atoms with Crippen LogP contribution in [0, 0.1) is 0 Å². The van der Waals surface area contributed by atoms with E-state index in [9.17, 15) is 0 Å². The summed E-state index contributed by atoms with van der Waals surface area (Å²) in [5, 5.41) is 10.9. The van der Waals surface area contributed by atoms with E-state index in [1.807, 2.05) is 7.05 Å². The van der Waals surface area contributed by atoms with E-state index in [0.29, 0.717) is 12.5 Å². The predicted molar refractivity (Wildman–Crippen MR) is 83.0 cm³/mol. The summed E-state index contributed by atoms with van der Waals surface area (Å²) in [5.74, 6) is 0.426. The van der Waals surface area contributed by atoms with Crippen molar-refractivity contribution in [3.63, 3.8) is 0 Å². The van der Waals surface area contributed by atoms with Crippen LogP contribution in [-0.2, 0) is 26.4 Å². The van der Waals surface area contributed by atoms with Gasteiger partial charge in [0.15, 0.2) is 5.96 Å². The highest BCUT2D eigenvalue weighted by atomic mass is 15.4. The van der Waals surface area contributed by atoms with Gasteiger partial charge in [0.05, 0.1) is 18.4 Å². The van der Waals surface area contributed by atoms with Crippen molar-refractivity contribution in [1.29, 1.82) is 0 Å². The Bertz CT molecular complexity index is 658. The van der Waals surface area contributed by atoms with Gasteiger partial charge < -0.3 is 11.1 Å². The summed E-state index contributed by atoms with van der Waals surface area (Å²) in [7, 11) is 1.84. The number of benzene rings is 1. The zero-order chi connectivity index (χ0) is 14.7. The van der Waals surface area contributed by atoms with Crippen LogP contribution in [0.1, 0.15) is 29.7 Å². The highest BCUT2D eigenvalue weighted by molar-refractivity contribution is 5.93.